The molecule has 8 atom stereocenters. The number of aliphatic hydroxyl groups is 1. The van der Waals surface area contributed by atoms with E-state index in [1.54, 1.807) is 0 Å². The van der Waals surface area contributed by atoms with Crippen LogP contribution in [0.2, 0.25) is 0 Å². The Kier molecular flexibility index (Phi) is 5.90. The molecule has 2 nitrogen and oxygen atoms in total. The highest BCUT2D eigenvalue weighted by Crippen LogP contribution is 2.68. The molecule has 4 aliphatic rings. The van der Waals surface area contributed by atoms with Gasteiger partial charge >= 0.3 is 0 Å². The van der Waals surface area contributed by atoms with E-state index in [1.807, 2.05) is 0 Å². The van der Waals surface area contributed by atoms with Crippen molar-refractivity contribution in [3.63, 3.8) is 0 Å². The summed E-state index contributed by atoms with van der Waals surface area (Å²) in [5.74, 6) is 3.43. The summed E-state index contributed by atoms with van der Waals surface area (Å²) in [5.41, 5.74) is 2.63. The van der Waals surface area contributed by atoms with Crippen LogP contribution in [0.5, 0.6) is 0 Å². The summed E-state index contributed by atoms with van der Waals surface area (Å²) < 4.78 is 0. The molecule has 0 aromatic carbocycles. The Hall–Kier alpha value is -0.890. The number of aliphatic hydroxyl groups excluding tert-OH is 1. The van der Waals surface area contributed by atoms with Gasteiger partial charge in [-0.2, -0.15) is 0 Å². The fourth-order valence-electron chi connectivity index (χ4n) is 9.16. The molecule has 0 saturated heterocycles. The summed E-state index contributed by atoms with van der Waals surface area (Å²) in [7, 11) is 0. The maximum absolute atomic E-state index is 12.7. The van der Waals surface area contributed by atoms with Crippen molar-refractivity contribution in [1.82, 2.24) is 0 Å². The predicted octanol–water partition coefficient (Wildman–Crippen LogP) is 7.12. The molecule has 4 rings (SSSR count). The van der Waals surface area contributed by atoms with Crippen molar-refractivity contribution in [3.05, 3.63) is 23.3 Å². The van der Waals surface area contributed by atoms with E-state index in [2.05, 4.69) is 60.6 Å². The molecule has 31 heavy (non-hydrogen) atoms. The van der Waals surface area contributed by atoms with Crippen LogP contribution in [0, 0.1) is 45.8 Å². The molecule has 0 radical (unpaired) electrons. The van der Waals surface area contributed by atoms with E-state index in [1.165, 1.54) is 36.8 Å². The van der Waals surface area contributed by atoms with Crippen LogP contribution in [0.1, 0.15) is 99.8 Å². The molecular weight excluding hydrogens is 380 g/mol. The predicted molar refractivity (Wildman–Crippen MR) is 129 cm³/mol. The molecule has 0 unspecified atom stereocenters. The van der Waals surface area contributed by atoms with Gasteiger partial charge in [0.15, 0.2) is 0 Å². The van der Waals surface area contributed by atoms with E-state index in [0.717, 1.165) is 25.2 Å². The zero-order valence-corrected chi connectivity index (χ0v) is 21.1. The summed E-state index contributed by atoms with van der Waals surface area (Å²) in [6.07, 6.45) is 13.3. The topological polar surface area (TPSA) is 37.3 Å². The maximum Gasteiger partial charge on any atom is 0.142 e. The van der Waals surface area contributed by atoms with Crippen LogP contribution in [0.15, 0.2) is 23.3 Å². The standard InChI is InChI=1S/C29H46O2/c1-18(2)9-8-10-19(3)21-12-13-22-20-11-14-24-27(4,5)25(31)15-16-28(24,6)26(20)23(30)17-29(21,22)7/h9,14,19-23,26,30H,8,10-13,15-17H2,1-7H3/t19-,20+,21-,22+,23+,26-,28+,29-/m1/s1. The van der Waals surface area contributed by atoms with Crippen LogP contribution in [0.4, 0.5) is 0 Å². The van der Waals surface area contributed by atoms with Gasteiger partial charge in [0, 0.05) is 11.8 Å². The van der Waals surface area contributed by atoms with E-state index in [9.17, 15) is 9.90 Å². The molecule has 3 saturated carbocycles. The molecule has 174 valence electrons. The first-order valence-electron chi connectivity index (χ1n) is 13.0. The highest BCUT2D eigenvalue weighted by atomic mass is 16.3. The van der Waals surface area contributed by atoms with Crippen molar-refractivity contribution in [2.45, 2.75) is 106 Å². The van der Waals surface area contributed by atoms with Crippen LogP contribution in [-0.4, -0.2) is 17.0 Å². The number of ketones is 1. The van der Waals surface area contributed by atoms with Gasteiger partial charge in [-0.25, -0.2) is 0 Å². The summed E-state index contributed by atoms with van der Waals surface area (Å²) in [5, 5.41) is 11.7. The molecule has 1 N–H and O–H groups in total. The molecule has 0 aromatic heterocycles. The summed E-state index contributed by atoms with van der Waals surface area (Å²) in [6, 6.07) is 0. The van der Waals surface area contributed by atoms with Gasteiger partial charge in [0.05, 0.1) is 6.10 Å². The zero-order valence-electron chi connectivity index (χ0n) is 21.1. The van der Waals surface area contributed by atoms with Crippen molar-refractivity contribution in [2.24, 2.45) is 45.8 Å². The molecule has 0 bridgehead atoms. The average Bonchev–Trinajstić information content (AvgIpc) is 3.01. The number of carbonyl (C=O) groups is 1. The van der Waals surface area contributed by atoms with E-state index in [-0.39, 0.29) is 22.3 Å². The van der Waals surface area contributed by atoms with Crippen molar-refractivity contribution in [2.75, 3.05) is 0 Å². The summed E-state index contributed by atoms with van der Waals surface area (Å²) >= 11 is 0. The molecule has 3 fully saturated rings. The van der Waals surface area contributed by atoms with Gasteiger partial charge in [-0.3, -0.25) is 4.79 Å². The maximum atomic E-state index is 12.7. The minimum Gasteiger partial charge on any atom is -0.393 e. The second kappa shape index (κ2) is 7.86. The third-order valence-corrected chi connectivity index (χ3v) is 10.6. The van der Waals surface area contributed by atoms with E-state index < -0.39 is 0 Å². The van der Waals surface area contributed by atoms with Gasteiger partial charge in [-0.15, -0.1) is 0 Å². The minimum absolute atomic E-state index is 0.0196. The number of hydrogen-bond donors (Lipinski definition) is 1. The monoisotopic (exact) mass is 426 g/mol. The summed E-state index contributed by atoms with van der Waals surface area (Å²) in [4.78, 5) is 12.7. The fraction of sp³-hybridized carbons (Fsp3) is 0.828. The Morgan fingerprint density at radius 3 is 2.61 bits per heavy atom. The highest BCUT2D eigenvalue weighted by molar-refractivity contribution is 5.89. The SMILES string of the molecule is CC(C)=CCC[C@@H](C)[C@H]1CC[C@H]2[C@@H]3CC=C4C(C)(C)C(=O)CC[C@]4(C)[C@H]3[C@@H](O)C[C@]12C. The molecule has 0 heterocycles. The van der Waals surface area contributed by atoms with Crippen molar-refractivity contribution < 1.29 is 9.90 Å². The molecular formula is C29H46O2. The lowest BCUT2D eigenvalue weighted by Crippen LogP contribution is -2.58. The van der Waals surface area contributed by atoms with Gasteiger partial charge in [-0.05, 0) is 113 Å². The molecule has 0 spiro atoms. The van der Waals surface area contributed by atoms with Gasteiger partial charge in [0.1, 0.15) is 5.78 Å². The van der Waals surface area contributed by atoms with E-state index >= 15 is 0 Å². The summed E-state index contributed by atoms with van der Waals surface area (Å²) in [6.45, 7) is 16.0. The second-order valence-corrected chi connectivity index (χ2v) is 12.9. The Labute approximate surface area is 191 Å². The number of allylic oxidation sites excluding steroid dienone is 4. The lowest BCUT2D eigenvalue weighted by Gasteiger charge is -2.61. The molecule has 0 aromatic rings. The van der Waals surface area contributed by atoms with Crippen LogP contribution >= 0.6 is 0 Å². The van der Waals surface area contributed by atoms with Crippen molar-refractivity contribution in [3.8, 4) is 0 Å². The first-order valence-corrected chi connectivity index (χ1v) is 13.0. The molecule has 2 heteroatoms. The van der Waals surface area contributed by atoms with E-state index in [4.69, 9.17) is 0 Å². The average molecular weight is 427 g/mol. The Balaban J connectivity index is 1.61. The van der Waals surface area contributed by atoms with Gasteiger partial charge < -0.3 is 5.11 Å². The highest BCUT2D eigenvalue weighted by Gasteiger charge is 2.63. The third-order valence-electron chi connectivity index (χ3n) is 10.6. The second-order valence-electron chi connectivity index (χ2n) is 12.9. The first kappa shape index (κ1) is 23.3. The third kappa shape index (κ3) is 3.51. The number of Topliss-reactive ketones (excluding diaryl/α,β-unsaturated/α-hetero) is 1. The van der Waals surface area contributed by atoms with E-state index in [0.29, 0.717) is 35.9 Å². The van der Waals surface area contributed by atoms with Gasteiger partial charge in [-0.1, -0.05) is 44.1 Å². The van der Waals surface area contributed by atoms with Crippen LogP contribution in [-0.2, 0) is 4.79 Å². The molecule has 4 aliphatic carbocycles. The van der Waals surface area contributed by atoms with Crippen molar-refractivity contribution in [1.29, 1.82) is 0 Å². The molecule has 0 amide bonds. The quantitative estimate of drug-likeness (QED) is 0.486. The largest absolute Gasteiger partial charge is 0.393 e. The smallest absolute Gasteiger partial charge is 0.142 e. The first-order chi connectivity index (χ1) is 14.4. The zero-order chi connectivity index (χ0) is 22.8. The number of hydrogen-bond acceptors (Lipinski definition) is 2. The number of rotatable bonds is 4. The minimum atomic E-state index is -0.365. The van der Waals surface area contributed by atoms with Crippen LogP contribution < -0.4 is 0 Å². The lowest BCUT2D eigenvalue weighted by molar-refractivity contribution is -0.144. The Bertz CT molecular complexity index is 785. The van der Waals surface area contributed by atoms with Gasteiger partial charge in [0.25, 0.3) is 0 Å². The fourth-order valence-corrected chi connectivity index (χ4v) is 9.16. The number of fused-ring (bicyclic) bond motifs is 5. The van der Waals surface area contributed by atoms with Crippen LogP contribution in [0.25, 0.3) is 0 Å². The Morgan fingerprint density at radius 2 is 1.94 bits per heavy atom. The molecule has 0 aliphatic heterocycles. The van der Waals surface area contributed by atoms with Gasteiger partial charge in [0.2, 0.25) is 0 Å². The van der Waals surface area contributed by atoms with Crippen molar-refractivity contribution >= 4 is 5.78 Å². The number of carbonyl (C=O) groups excluding carboxylic acids is 1. The Morgan fingerprint density at radius 1 is 1.23 bits per heavy atom. The normalized spacial score (nSPS) is 44.6. The lowest BCUT2D eigenvalue weighted by atomic mass is 9.43. The van der Waals surface area contributed by atoms with Crippen LogP contribution in [0.3, 0.4) is 0 Å².